The van der Waals surface area contributed by atoms with E-state index >= 15 is 0 Å². The maximum absolute atomic E-state index is 13.4. The molecule has 3 rings (SSSR count). The minimum atomic E-state index is -3.02. The Morgan fingerprint density at radius 1 is 1.21 bits per heavy atom. The molecule has 1 aliphatic rings. The fourth-order valence-electron chi connectivity index (χ4n) is 3.73. The van der Waals surface area contributed by atoms with Crippen molar-refractivity contribution in [2.45, 2.75) is 45.1 Å². The highest BCUT2D eigenvalue weighted by Crippen LogP contribution is 2.38. The van der Waals surface area contributed by atoms with E-state index in [9.17, 15) is 18.4 Å². The number of benzene rings is 2. The first kappa shape index (κ1) is 20.8. The Balaban J connectivity index is 2.02. The topological polar surface area (TPSA) is 67.4 Å². The van der Waals surface area contributed by atoms with E-state index in [0.717, 1.165) is 16.7 Å². The van der Waals surface area contributed by atoms with Gasteiger partial charge in [-0.1, -0.05) is 44.2 Å². The summed E-state index contributed by atoms with van der Waals surface area (Å²) in [4.78, 5) is 25.5. The van der Waals surface area contributed by atoms with Crippen molar-refractivity contribution in [1.82, 2.24) is 5.32 Å². The van der Waals surface area contributed by atoms with E-state index in [1.54, 1.807) is 13.0 Å². The molecule has 1 aliphatic heterocycles. The van der Waals surface area contributed by atoms with Crippen LogP contribution in [-0.4, -0.2) is 25.0 Å². The Morgan fingerprint density at radius 2 is 1.93 bits per heavy atom. The number of hydrogen-bond donors (Lipinski definition) is 2. The molecular formula is C22H24F2N2O3. The second kappa shape index (κ2) is 8.19. The van der Waals surface area contributed by atoms with Crippen LogP contribution in [0.1, 0.15) is 42.9 Å². The van der Waals surface area contributed by atoms with Gasteiger partial charge in [-0.3, -0.25) is 9.59 Å². The standard InChI is InChI=1S/C22H24F2N2O3/c1-13(2)15-6-4-5-7-16(15)22(11-19(27)25-12-22)20(28)26-17-9-8-14(3)10-18(17)29-21(23)24/h4-10,13,21H,11-12H2,1-3H3,(H,25,27)(H,26,28). The van der Waals surface area contributed by atoms with Crippen molar-refractivity contribution >= 4 is 17.5 Å². The van der Waals surface area contributed by atoms with Crippen molar-refractivity contribution in [3.8, 4) is 5.75 Å². The fraction of sp³-hybridized carbons (Fsp3) is 0.364. The Labute approximate surface area is 168 Å². The molecular weight excluding hydrogens is 378 g/mol. The number of carbonyl (C=O) groups excluding carboxylic acids is 2. The third kappa shape index (κ3) is 4.23. The molecule has 1 unspecified atom stereocenters. The van der Waals surface area contributed by atoms with Crippen LogP contribution in [0.4, 0.5) is 14.5 Å². The first-order chi connectivity index (χ1) is 13.7. The summed E-state index contributed by atoms with van der Waals surface area (Å²) >= 11 is 0. The van der Waals surface area contributed by atoms with Gasteiger partial charge in [-0.15, -0.1) is 0 Å². The molecule has 2 N–H and O–H groups in total. The number of nitrogens with one attached hydrogen (secondary N) is 2. The van der Waals surface area contributed by atoms with Crippen LogP contribution in [0.25, 0.3) is 0 Å². The summed E-state index contributed by atoms with van der Waals surface area (Å²) in [6.07, 6.45) is -0.0144. The van der Waals surface area contributed by atoms with Gasteiger partial charge in [-0.25, -0.2) is 0 Å². The number of hydrogen-bond acceptors (Lipinski definition) is 3. The summed E-state index contributed by atoms with van der Waals surface area (Å²) in [7, 11) is 0. The summed E-state index contributed by atoms with van der Waals surface area (Å²) in [6.45, 7) is 2.90. The van der Waals surface area contributed by atoms with E-state index < -0.39 is 17.9 Å². The molecule has 7 heteroatoms. The Hall–Kier alpha value is -2.96. The number of amides is 2. The summed E-state index contributed by atoms with van der Waals surface area (Å²) in [6, 6.07) is 12.2. The average Bonchev–Trinajstić information content (AvgIpc) is 3.06. The zero-order valence-corrected chi connectivity index (χ0v) is 16.6. The summed E-state index contributed by atoms with van der Waals surface area (Å²) < 4.78 is 30.2. The molecule has 1 saturated heterocycles. The Morgan fingerprint density at radius 3 is 2.55 bits per heavy atom. The largest absolute Gasteiger partial charge is 0.433 e. The molecule has 0 spiro atoms. The SMILES string of the molecule is Cc1ccc(NC(=O)C2(c3ccccc3C(C)C)CNC(=O)C2)c(OC(F)F)c1. The van der Waals surface area contributed by atoms with Crippen LogP contribution in [0.2, 0.25) is 0 Å². The number of carbonyl (C=O) groups is 2. The molecule has 2 amide bonds. The molecule has 1 heterocycles. The maximum Gasteiger partial charge on any atom is 0.387 e. The van der Waals surface area contributed by atoms with Crippen molar-refractivity contribution < 1.29 is 23.1 Å². The van der Waals surface area contributed by atoms with Gasteiger partial charge < -0.3 is 15.4 Å². The molecule has 154 valence electrons. The van der Waals surface area contributed by atoms with Gasteiger partial charge in [0.15, 0.2) is 0 Å². The van der Waals surface area contributed by atoms with E-state index in [1.807, 2.05) is 38.1 Å². The number of rotatable bonds is 6. The molecule has 2 aromatic carbocycles. The van der Waals surface area contributed by atoms with Crippen molar-refractivity contribution in [1.29, 1.82) is 0 Å². The summed E-state index contributed by atoms with van der Waals surface area (Å²) in [5, 5.41) is 5.47. The summed E-state index contributed by atoms with van der Waals surface area (Å²) in [5.74, 6) is -0.639. The van der Waals surface area contributed by atoms with Crippen molar-refractivity contribution in [3.05, 3.63) is 59.2 Å². The molecule has 2 aromatic rings. The van der Waals surface area contributed by atoms with Gasteiger partial charge in [0.25, 0.3) is 0 Å². The van der Waals surface area contributed by atoms with Crippen molar-refractivity contribution in [3.63, 3.8) is 0 Å². The van der Waals surface area contributed by atoms with Gasteiger partial charge in [0.1, 0.15) is 11.2 Å². The molecule has 0 saturated carbocycles. The lowest BCUT2D eigenvalue weighted by Gasteiger charge is -2.30. The van der Waals surface area contributed by atoms with Crippen LogP contribution < -0.4 is 15.4 Å². The zero-order valence-electron chi connectivity index (χ0n) is 16.6. The van der Waals surface area contributed by atoms with Crippen LogP contribution >= 0.6 is 0 Å². The molecule has 0 aliphatic carbocycles. The van der Waals surface area contributed by atoms with Gasteiger partial charge in [0.05, 0.1) is 5.69 Å². The normalized spacial score (nSPS) is 18.8. The fourth-order valence-corrected chi connectivity index (χ4v) is 3.73. The predicted octanol–water partition coefficient (Wildman–Crippen LogP) is 4.12. The quantitative estimate of drug-likeness (QED) is 0.764. The smallest absolute Gasteiger partial charge is 0.387 e. The highest BCUT2D eigenvalue weighted by Gasteiger charge is 2.48. The van der Waals surface area contributed by atoms with E-state index in [1.165, 1.54) is 12.1 Å². The minimum absolute atomic E-state index is 0.0144. The average molecular weight is 402 g/mol. The molecule has 5 nitrogen and oxygen atoms in total. The Kier molecular flexibility index (Phi) is 5.86. The molecule has 0 bridgehead atoms. The van der Waals surface area contributed by atoms with E-state index in [2.05, 4.69) is 15.4 Å². The third-order valence-corrected chi connectivity index (χ3v) is 5.18. The number of ether oxygens (including phenoxy) is 1. The molecule has 0 radical (unpaired) electrons. The molecule has 1 fully saturated rings. The molecule has 29 heavy (non-hydrogen) atoms. The number of anilines is 1. The van der Waals surface area contributed by atoms with Crippen molar-refractivity contribution in [2.75, 3.05) is 11.9 Å². The lowest BCUT2D eigenvalue weighted by molar-refractivity contribution is -0.124. The van der Waals surface area contributed by atoms with E-state index in [0.29, 0.717) is 0 Å². The van der Waals surface area contributed by atoms with Crippen LogP contribution in [0.5, 0.6) is 5.75 Å². The van der Waals surface area contributed by atoms with Crippen LogP contribution in [-0.2, 0) is 15.0 Å². The number of halogens is 2. The third-order valence-electron chi connectivity index (χ3n) is 5.18. The van der Waals surface area contributed by atoms with Gasteiger partial charge in [-0.2, -0.15) is 8.78 Å². The highest BCUT2D eigenvalue weighted by molar-refractivity contribution is 6.05. The summed E-state index contributed by atoms with van der Waals surface area (Å²) in [5.41, 5.74) is 1.45. The first-order valence-electron chi connectivity index (χ1n) is 9.46. The predicted molar refractivity (Wildman–Crippen MR) is 106 cm³/mol. The first-order valence-corrected chi connectivity index (χ1v) is 9.46. The van der Waals surface area contributed by atoms with Gasteiger partial charge in [0, 0.05) is 13.0 Å². The van der Waals surface area contributed by atoms with Crippen LogP contribution in [0.3, 0.4) is 0 Å². The minimum Gasteiger partial charge on any atom is -0.433 e. The van der Waals surface area contributed by atoms with Gasteiger partial charge >= 0.3 is 6.61 Å². The lowest BCUT2D eigenvalue weighted by Crippen LogP contribution is -2.43. The lowest BCUT2D eigenvalue weighted by atomic mass is 9.74. The van der Waals surface area contributed by atoms with Crippen molar-refractivity contribution in [2.24, 2.45) is 0 Å². The highest BCUT2D eigenvalue weighted by atomic mass is 19.3. The Bertz CT molecular complexity index is 930. The second-order valence-corrected chi connectivity index (χ2v) is 7.61. The van der Waals surface area contributed by atoms with Crippen LogP contribution in [0, 0.1) is 6.92 Å². The molecule has 0 aromatic heterocycles. The zero-order chi connectivity index (χ0) is 21.2. The maximum atomic E-state index is 13.4. The monoisotopic (exact) mass is 402 g/mol. The van der Waals surface area contributed by atoms with Gasteiger partial charge in [0.2, 0.25) is 11.8 Å². The molecule has 1 atom stereocenters. The van der Waals surface area contributed by atoms with E-state index in [-0.39, 0.29) is 36.2 Å². The van der Waals surface area contributed by atoms with E-state index in [4.69, 9.17) is 0 Å². The van der Waals surface area contributed by atoms with Crippen LogP contribution in [0.15, 0.2) is 42.5 Å². The number of alkyl halides is 2. The second-order valence-electron chi connectivity index (χ2n) is 7.61. The van der Waals surface area contributed by atoms with Gasteiger partial charge in [-0.05, 0) is 41.7 Å². The number of aryl methyl sites for hydroxylation is 1.